The molecule has 4 fully saturated rings. The molecule has 0 spiro atoms. The molecule has 0 bridgehead atoms. The molecule has 2 saturated heterocycles. The normalized spacial score (nSPS) is 19.9. The minimum Gasteiger partial charge on any atom is -0.489 e. The van der Waals surface area contributed by atoms with Crippen molar-refractivity contribution in [1.82, 2.24) is 51.7 Å². The number of amides is 8. The van der Waals surface area contributed by atoms with Crippen LogP contribution in [0.25, 0.3) is 21.8 Å². The summed E-state index contributed by atoms with van der Waals surface area (Å²) in [5.41, 5.74) is 7.99. The van der Waals surface area contributed by atoms with Crippen LogP contribution >= 0.6 is 34.5 Å². The lowest BCUT2D eigenvalue weighted by molar-refractivity contribution is -0.164. The predicted octanol–water partition coefficient (Wildman–Crippen LogP) is 14.9. The van der Waals surface area contributed by atoms with Gasteiger partial charge in [0, 0.05) is 139 Å². The first-order valence-corrected chi connectivity index (χ1v) is 47.3. The van der Waals surface area contributed by atoms with Crippen molar-refractivity contribution >= 4 is 93.2 Å². The van der Waals surface area contributed by atoms with Crippen LogP contribution in [0.4, 0.5) is 11.4 Å². The Kier molecular flexibility index (Phi) is 34.4. The fraction of sp³-hybridized carbons (Fsp3) is 0.490. The van der Waals surface area contributed by atoms with Crippen LogP contribution in [-0.2, 0) is 51.3 Å². The molecule has 6 aromatic carbocycles. The maximum absolute atomic E-state index is 14.0. The molecule has 0 radical (unpaired) electrons. The van der Waals surface area contributed by atoms with Crippen molar-refractivity contribution in [2.45, 2.75) is 236 Å². The molecule has 8 aromatic rings. The van der Waals surface area contributed by atoms with Crippen molar-refractivity contribution in [1.29, 1.82) is 10.5 Å². The summed E-state index contributed by atoms with van der Waals surface area (Å²) in [5, 5.41) is 65.0. The third kappa shape index (κ3) is 25.8. The number of β-amino-alcohol motifs (C(OH)–C–C–N with tert-alkyl or cyclic N) is 2. The van der Waals surface area contributed by atoms with Crippen LogP contribution in [0.3, 0.4) is 0 Å². The van der Waals surface area contributed by atoms with Crippen LogP contribution in [0.1, 0.15) is 203 Å². The number of thiazole rings is 1. The molecule has 4 heterocycles. The standard InChI is InChI=1S/C51H64ClN7O8.C51H64ClN7O7S/c1-31-42(66-30-56-31)33-14-12-32(13-15-33)27-55-45(63)40-24-37(60)28-59(40)46(64)43(49(2,3)4)57-41(61)29-65-23-11-9-10-22-54-36-19-16-34(17-20-36)44(62)58-47-50(5,6)48(51(47,7)8)67-38-21-18-35(26-53)39(52)25-38;1-31-42(67-30-56-31)33-14-12-32(13-15-33)27-55-45(63)40-24-37(60)28-59(40)46(64)43(49(2,3)4)57-41(61)29-65-23-11-9-10-22-54-36-19-16-34(17-20-36)44(62)58-47-50(5,6)48(51(47,7)8)66-38-21-18-35(26-53)39(52)25-38/h2*12-21,25,30,37,40,43,47-48,54,60H,9-11,22-24,27-29H2,1-8H3,(H,55,63)(H,57,61)(H,58,62)/t2*37-,40+,43-,47?,48?/m11/s1. The number of likely N-dealkylation sites (tertiary alicyclic amines) is 2. The van der Waals surface area contributed by atoms with Crippen molar-refractivity contribution in [3.05, 3.63) is 200 Å². The molecule has 134 heavy (non-hydrogen) atoms. The van der Waals surface area contributed by atoms with Crippen LogP contribution in [-0.4, -0.2) is 191 Å². The van der Waals surface area contributed by atoms with Gasteiger partial charge in [0.1, 0.15) is 73.2 Å². The van der Waals surface area contributed by atoms with E-state index in [1.807, 2.05) is 134 Å². The van der Waals surface area contributed by atoms with E-state index in [2.05, 4.69) is 120 Å². The zero-order valence-electron chi connectivity index (χ0n) is 79.4. The summed E-state index contributed by atoms with van der Waals surface area (Å²) in [7, 11) is 0. The average Bonchev–Trinajstić information content (AvgIpc) is 0.816. The number of aliphatic hydroxyl groups excluding tert-OH is 2. The van der Waals surface area contributed by atoms with Crippen molar-refractivity contribution in [2.24, 2.45) is 32.5 Å². The second-order valence-electron chi connectivity index (χ2n) is 39.7. The molecule has 4 aliphatic rings. The second-order valence-corrected chi connectivity index (χ2v) is 41.4. The van der Waals surface area contributed by atoms with Crippen molar-refractivity contribution in [3.8, 4) is 45.4 Å². The largest absolute Gasteiger partial charge is 0.489 e. The van der Waals surface area contributed by atoms with Gasteiger partial charge >= 0.3 is 0 Å². The number of unbranched alkanes of at least 4 members (excludes halogenated alkanes) is 4. The molecule has 2 aliphatic carbocycles. The molecule has 6 atom stereocenters. The summed E-state index contributed by atoms with van der Waals surface area (Å²) in [6.45, 7) is 33.6. The molecular formula is C102H128Cl2N14O15S. The molecule has 29 nitrogen and oxygen atoms in total. The molecular weight excluding hydrogens is 1760 g/mol. The highest BCUT2D eigenvalue weighted by atomic mass is 35.5. The van der Waals surface area contributed by atoms with E-state index in [0.29, 0.717) is 75.9 Å². The number of carbonyl (C=O) groups is 8. The first kappa shape index (κ1) is 103. The molecule has 716 valence electrons. The van der Waals surface area contributed by atoms with Gasteiger partial charge in [-0.2, -0.15) is 10.5 Å². The second kappa shape index (κ2) is 44.8. The van der Waals surface area contributed by atoms with Gasteiger partial charge in [0.05, 0.1) is 55.2 Å². The smallest absolute Gasteiger partial charge is 0.251 e. The SMILES string of the molecule is Cc1ncoc1-c1ccc(CNC(=O)[C@@H]2C[C@@H](O)CN2C(=O)[C@@H](NC(=O)COCCCCCNc2ccc(C(=O)NC3C(C)(C)C(Oc4ccc(C#N)c(Cl)c4)C3(C)C)cc2)C(C)(C)C)cc1.Cc1ncsc1-c1ccc(CNC(=O)[C@@H]2C[C@@H](O)CN2C(=O)[C@@H](NC(=O)COCCCCCNc2ccc(C(=O)NC3C(C)(C)C(Oc4ccc(C#N)c(Cl)c4)C3(C)C)cc2)C(C)(C)C)cc1. The summed E-state index contributed by atoms with van der Waals surface area (Å²) in [5.74, 6) is -0.992. The monoisotopic (exact) mass is 1890 g/mol. The molecule has 2 aliphatic heterocycles. The molecule has 2 saturated carbocycles. The number of nitrogens with zero attached hydrogens (tertiary/aromatic N) is 6. The minimum atomic E-state index is -0.955. The van der Waals surface area contributed by atoms with E-state index >= 15 is 0 Å². The van der Waals surface area contributed by atoms with Crippen LogP contribution in [0.2, 0.25) is 10.0 Å². The Balaban J connectivity index is 0.000000258. The Morgan fingerprint density at radius 2 is 0.925 bits per heavy atom. The average molecular weight is 1890 g/mol. The highest BCUT2D eigenvalue weighted by Crippen LogP contribution is 2.57. The quantitative estimate of drug-likeness (QED) is 0.0161. The van der Waals surface area contributed by atoms with Gasteiger partial charge in [-0.3, -0.25) is 38.4 Å². The van der Waals surface area contributed by atoms with Gasteiger partial charge in [-0.05, 0) is 153 Å². The van der Waals surface area contributed by atoms with E-state index in [9.17, 15) is 59.1 Å². The number of aromatic nitrogens is 2. The van der Waals surface area contributed by atoms with Crippen LogP contribution in [0.15, 0.2) is 150 Å². The van der Waals surface area contributed by atoms with Crippen LogP contribution in [0, 0.1) is 69.0 Å². The van der Waals surface area contributed by atoms with Gasteiger partial charge in [0.25, 0.3) is 11.8 Å². The number of benzene rings is 6. The van der Waals surface area contributed by atoms with E-state index in [1.54, 1.807) is 72.0 Å². The number of nitrogens with one attached hydrogen (secondary N) is 8. The molecule has 2 aromatic heterocycles. The van der Waals surface area contributed by atoms with Gasteiger partial charge in [-0.15, -0.1) is 11.3 Å². The van der Waals surface area contributed by atoms with Gasteiger partial charge in [0.15, 0.2) is 12.2 Å². The number of hydrogen-bond donors (Lipinski definition) is 10. The molecule has 12 rings (SSSR count). The first-order chi connectivity index (χ1) is 63.4. The number of aliphatic hydroxyl groups is 2. The number of ether oxygens (including phenoxy) is 4. The number of halogens is 2. The third-order valence-corrected chi connectivity index (χ3v) is 27.2. The Morgan fingerprint density at radius 1 is 0.530 bits per heavy atom. The van der Waals surface area contributed by atoms with Crippen molar-refractivity contribution in [2.75, 3.05) is 63.2 Å². The Bertz CT molecular complexity index is 5150. The zero-order valence-corrected chi connectivity index (χ0v) is 81.7. The number of anilines is 2. The summed E-state index contributed by atoms with van der Waals surface area (Å²) in [6, 6.07) is 40.4. The topological polar surface area (TPSA) is 403 Å². The lowest BCUT2D eigenvalue weighted by Gasteiger charge is -2.63. The van der Waals surface area contributed by atoms with Gasteiger partial charge < -0.3 is 85.9 Å². The minimum absolute atomic E-state index is 0.00791. The van der Waals surface area contributed by atoms with Crippen molar-refractivity contribution < 1.29 is 71.9 Å². The van der Waals surface area contributed by atoms with E-state index in [0.717, 1.165) is 88.4 Å². The van der Waals surface area contributed by atoms with E-state index in [-0.39, 0.29) is 122 Å². The number of carbonyl (C=O) groups excluding carboxylic acids is 8. The molecule has 10 N–H and O–H groups in total. The Labute approximate surface area is 799 Å². The molecule has 0 unspecified atom stereocenters. The maximum atomic E-state index is 14.0. The number of rotatable bonds is 38. The first-order valence-electron chi connectivity index (χ1n) is 45.7. The van der Waals surface area contributed by atoms with Gasteiger partial charge in [0.2, 0.25) is 35.4 Å². The van der Waals surface area contributed by atoms with E-state index in [4.69, 9.17) is 46.6 Å². The number of nitriles is 2. The Hall–Kier alpha value is -11.5. The fourth-order valence-corrected chi connectivity index (χ4v) is 20.1. The lowest BCUT2D eigenvalue weighted by atomic mass is 9.49. The van der Waals surface area contributed by atoms with Crippen LogP contribution in [0.5, 0.6) is 11.5 Å². The zero-order chi connectivity index (χ0) is 97.4. The van der Waals surface area contributed by atoms with Gasteiger partial charge in [-0.25, -0.2) is 9.97 Å². The molecule has 8 amide bonds. The number of aryl methyl sites for hydroxylation is 2. The maximum Gasteiger partial charge on any atom is 0.251 e. The third-order valence-electron chi connectivity index (χ3n) is 25.6. The van der Waals surface area contributed by atoms with E-state index in [1.165, 1.54) is 16.2 Å². The summed E-state index contributed by atoms with van der Waals surface area (Å²) < 4.78 is 29.5. The number of oxazole rings is 1. The van der Waals surface area contributed by atoms with Gasteiger partial charge in [-0.1, -0.05) is 169 Å². The lowest BCUT2D eigenvalue weighted by Crippen LogP contribution is -2.74. The summed E-state index contributed by atoms with van der Waals surface area (Å²) in [4.78, 5) is 120. The fourth-order valence-electron chi connectivity index (χ4n) is 18.9. The van der Waals surface area contributed by atoms with Crippen molar-refractivity contribution in [3.63, 3.8) is 0 Å². The number of hydrogen-bond acceptors (Lipinski definition) is 22. The predicted molar refractivity (Wildman–Crippen MR) is 516 cm³/mol. The molecule has 32 heteroatoms. The van der Waals surface area contributed by atoms with Crippen LogP contribution < -0.4 is 52.0 Å². The Morgan fingerprint density at radius 3 is 1.28 bits per heavy atom. The highest BCUT2D eigenvalue weighted by molar-refractivity contribution is 7.13. The summed E-state index contributed by atoms with van der Waals surface area (Å²) in [6.07, 6.45) is 4.31. The van der Waals surface area contributed by atoms with E-state index < -0.39 is 70.8 Å². The summed E-state index contributed by atoms with van der Waals surface area (Å²) >= 11 is 14.0. The highest BCUT2D eigenvalue weighted by Gasteiger charge is 2.65.